The number of fused-ring (bicyclic) bond motifs is 3. The molecule has 220 valence electrons. The van der Waals surface area contributed by atoms with Gasteiger partial charge in [0.25, 0.3) is 0 Å². The number of aromatic nitrogens is 1. The van der Waals surface area contributed by atoms with Gasteiger partial charge in [0, 0.05) is 16.5 Å². The topological polar surface area (TPSA) is 12.9 Å². The summed E-state index contributed by atoms with van der Waals surface area (Å²) in [4.78, 5) is 5.08. The second-order valence-corrected chi connectivity index (χ2v) is 12.9. The predicted molar refractivity (Wildman–Crippen MR) is 194 cm³/mol. The quantitative estimate of drug-likeness (QED) is 0.195. The van der Waals surface area contributed by atoms with Crippen LogP contribution in [0.3, 0.4) is 0 Å². The summed E-state index contributed by atoms with van der Waals surface area (Å²) < 4.78 is 0. The smallest absolute Gasteiger partial charge is 0.0715 e. The van der Waals surface area contributed by atoms with E-state index in [1.165, 1.54) is 55.6 Å². The van der Waals surface area contributed by atoms with Crippen LogP contribution in [0.1, 0.15) is 30.5 Å². The maximum atomic E-state index is 5.08. The number of aryl methyl sites for hydroxylation is 1. The lowest BCUT2D eigenvalue weighted by Crippen LogP contribution is -2.14. The summed E-state index contributed by atoms with van der Waals surface area (Å²) in [7, 11) is 0. The van der Waals surface area contributed by atoms with E-state index in [9.17, 15) is 0 Å². The highest BCUT2D eigenvalue weighted by atomic mass is 14.7. The zero-order valence-corrected chi connectivity index (χ0v) is 26.5. The fourth-order valence-electron chi connectivity index (χ4n) is 7.07. The Hall–Kier alpha value is -5.53. The van der Waals surface area contributed by atoms with Crippen LogP contribution in [0.5, 0.6) is 0 Å². The molecule has 6 aromatic carbocycles. The van der Waals surface area contributed by atoms with Crippen molar-refractivity contribution >= 4 is 0 Å². The fraction of sp³-hybridized carbons (Fsp3) is 0.0889. The van der Waals surface area contributed by atoms with E-state index in [0.717, 1.165) is 28.1 Å². The average Bonchev–Trinajstić information content (AvgIpc) is 3.35. The van der Waals surface area contributed by atoms with Crippen LogP contribution in [0.25, 0.3) is 67.0 Å². The first-order chi connectivity index (χ1) is 22.5. The lowest BCUT2D eigenvalue weighted by Gasteiger charge is -2.21. The predicted octanol–water partition coefficient (Wildman–Crippen LogP) is 12.0. The monoisotopic (exact) mass is 589 g/mol. The first-order valence-electron chi connectivity index (χ1n) is 16.0. The van der Waals surface area contributed by atoms with Gasteiger partial charge in [-0.25, -0.2) is 4.98 Å². The molecule has 0 bridgehead atoms. The Labute approximate surface area is 271 Å². The molecule has 8 rings (SSSR count). The molecule has 1 heterocycles. The highest BCUT2D eigenvalue weighted by Gasteiger charge is 2.35. The van der Waals surface area contributed by atoms with Gasteiger partial charge in [-0.3, -0.25) is 0 Å². The van der Waals surface area contributed by atoms with Crippen LogP contribution < -0.4 is 0 Å². The molecule has 0 spiro atoms. The van der Waals surface area contributed by atoms with Gasteiger partial charge in [0.1, 0.15) is 0 Å². The van der Waals surface area contributed by atoms with Crippen molar-refractivity contribution in [3.05, 3.63) is 174 Å². The van der Waals surface area contributed by atoms with Gasteiger partial charge in [0.05, 0.1) is 11.4 Å². The third-order valence-electron chi connectivity index (χ3n) is 9.65. The van der Waals surface area contributed by atoms with Crippen molar-refractivity contribution in [1.29, 1.82) is 0 Å². The van der Waals surface area contributed by atoms with Gasteiger partial charge in [-0.2, -0.15) is 0 Å². The van der Waals surface area contributed by atoms with E-state index >= 15 is 0 Å². The minimum Gasteiger partial charge on any atom is -0.248 e. The Balaban J connectivity index is 1.16. The Morgan fingerprint density at radius 1 is 0.370 bits per heavy atom. The molecule has 0 N–H and O–H groups in total. The zero-order valence-electron chi connectivity index (χ0n) is 26.5. The molecule has 1 heteroatoms. The Bertz CT molecular complexity index is 2150. The Morgan fingerprint density at radius 3 is 1.54 bits per heavy atom. The van der Waals surface area contributed by atoms with Crippen LogP contribution in [-0.4, -0.2) is 4.98 Å². The second kappa shape index (κ2) is 11.1. The molecule has 0 atom stereocenters. The first-order valence-corrected chi connectivity index (χ1v) is 16.0. The molecule has 1 aliphatic carbocycles. The normalized spacial score (nSPS) is 12.8. The number of rotatable bonds is 5. The molecule has 1 aliphatic rings. The highest BCUT2D eigenvalue weighted by molar-refractivity contribution is 5.85. The molecule has 46 heavy (non-hydrogen) atoms. The van der Waals surface area contributed by atoms with Gasteiger partial charge in [0.2, 0.25) is 0 Å². The number of hydrogen-bond donors (Lipinski definition) is 0. The van der Waals surface area contributed by atoms with Gasteiger partial charge in [-0.15, -0.1) is 0 Å². The molecule has 0 unspecified atom stereocenters. The van der Waals surface area contributed by atoms with E-state index in [1.54, 1.807) is 0 Å². The average molecular weight is 590 g/mol. The molecule has 1 nitrogen and oxygen atoms in total. The van der Waals surface area contributed by atoms with Gasteiger partial charge in [0.15, 0.2) is 0 Å². The van der Waals surface area contributed by atoms with E-state index in [-0.39, 0.29) is 5.41 Å². The van der Waals surface area contributed by atoms with Crippen molar-refractivity contribution in [2.75, 3.05) is 0 Å². The Kier molecular flexibility index (Phi) is 6.76. The second-order valence-electron chi connectivity index (χ2n) is 12.9. The largest absolute Gasteiger partial charge is 0.248 e. The lowest BCUT2D eigenvalue weighted by molar-refractivity contribution is 0.660. The van der Waals surface area contributed by atoms with Crippen molar-refractivity contribution in [2.45, 2.75) is 26.2 Å². The van der Waals surface area contributed by atoms with Crippen LogP contribution in [0.4, 0.5) is 0 Å². The van der Waals surface area contributed by atoms with Gasteiger partial charge in [-0.1, -0.05) is 147 Å². The van der Waals surface area contributed by atoms with Crippen molar-refractivity contribution < 1.29 is 0 Å². The Morgan fingerprint density at radius 2 is 0.870 bits per heavy atom. The van der Waals surface area contributed by atoms with E-state index in [2.05, 4.69) is 166 Å². The zero-order chi connectivity index (χ0) is 31.3. The van der Waals surface area contributed by atoms with Gasteiger partial charge < -0.3 is 0 Å². The summed E-state index contributed by atoms with van der Waals surface area (Å²) in [6.45, 7) is 6.86. The van der Waals surface area contributed by atoms with Crippen LogP contribution >= 0.6 is 0 Å². The molecule has 0 saturated carbocycles. The SMILES string of the molecule is Cc1ccc(-c2cc(-c3ccccc3)nc(-c3ccccc3)c2)cc1-c1ccc(-c2ccc3c(c2)-c2ccccc2C3(C)C)cc1. The summed E-state index contributed by atoms with van der Waals surface area (Å²) in [6.07, 6.45) is 0. The standard InChI is InChI=1S/C45H35N/c1-30-18-19-36(37-28-43(33-12-6-4-7-13-33)46-44(29-37)34-14-8-5-9-15-34)26-39(30)32-22-20-31(21-23-32)35-24-25-42-40(27-35)38-16-10-11-17-41(38)45(42,2)3/h4-29H,1-3H3. The molecule has 7 aromatic rings. The van der Waals surface area contributed by atoms with Crippen molar-refractivity contribution in [3.8, 4) is 67.0 Å². The van der Waals surface area contributed by atoms with Crippen molar-refractivity contribution in [2.24, 2.45) is 0 Å². The maximum absolute atomic E-state index is 5.08. The molecule has 1 aromatic heterocycles. The van der Waals surface area contributed by atoms with Gasteiger partial charge >= 0.3 is 0 Å². The molecule has 0 fully saturated rings. The minimum absolute atomic E-state index is 0.0232. The summed E-state index contributed by atoms with van der Waals surface area (Å²) in [6, 6.07) is 57.0. The third kappa shape index (κ3) is 4.86. The van der Waals surface area contributed by atoms with E-state index in [1.807, 2.05) is 12.1 Å². The summed E-state index contributed by atoms with van der Waals surface area (Å²) in [5.41, 5.74) is 18.3. The highest BCUT2D eigenvalue weighted by Crippen LogP contribution is 2.49. The van der Waals surface area contributed by atoms with E-state index in [0.29, 0.717) is 0 Å². The summed E-state index contributed by atoms with van der Waals surface area (Å²) in [5.74, 6) is 0. The number of hydrogen-bond acceptors (Lipinski definition) is 1. The summed E-state index contributed by atoms with van der Waals surface area (Å²) >= 11 is 0. The summed E-state index contributed by atoms with van der Waals surface area (Å²) in [5, 5.41) is 0. The van der Waals surface area contributed by atoms with Crippen molar-refractivity contribution in [3.63, 3.8) is 0 Å². The molecule has 0 saturated heterocycles. The van der Waals surface area contributed by atoms with E-state index < -0.39 is 0 Å². The van der Waals surface area contributed by atoms with Crippen LogP contribution in [0, 0.1) is 6.92 Å². The van der Waals surface area contributed by atoms with Crippen molar-refractivity contribution in [1.82, 2.24) is 4.98 Å². The molecule has 0 amide bonds. The number of nitrogens with zero attached hydrogens (tertiary/aromatic N) is 1. The number of pyridine rings is 1. The lowest BCUT2D eigenvalue weighted by atomic mass is 9.82. The van der Waals surface area contributed by atoms with E-state index in [4.69, 9.17) is 4.98 Å². The molecular formula is C45H35N. The first kappa shape index (κ1) is 28.0. The van der Waals surface area contributed by atoms with Crippen LogP contribution in [0.2, 0.25) is 0 Å². The fourth-order valence-corrected chi connectivity index (χ4v) is 7.07. The third-order valence-corrected chi connectivity index (χ3v) is 9.65. The minimum atomic E-state index is 0.0232. The van der Waals surface area contributed by atoms with Crippen LogP contribution in [-0.2, 0) is 5.41 Å². The van der Waals surface area contributed by atoms with Gasteiger partial charge in [-0.05, 0) is 92.4 Å². The molecule has 0 aliphatic heterocycles. The molecular weight excluding hydrogens is 555 g/mol. The number of benzene rings is 6. The molecule has 0 radical (unpaired) electrons. The maximum Gasteiger partial charge on any atom is 0.0715 e. The van der Waals surface area contributed by atoms with Crippen LogP contribution in [0.15, 0.2) is 158 Å².